The van der Waals surface area contributed by atoms with Crippen LogP contribution in [0.3, 0.4) is 0 Å². The molecule has 0 aliphatic rings. The smallest absolute Gasteiger partial charge is 0.237 e. The van der Waals surface area contributed by atoms with Crippen molar-refractivity contribution in [3.05, 3.63) is 45.7 Å². The van der Waals surface area contributed by atoms with E-state index in [4.69, 9.17) is 15.7 Å². The number of pyridine rings is 1. The van der Waals surface area contributed by atoms with E-state index >= 15 is 0 Å². The Labute approximate surface area is 112 Å². The minimum Gasteiger partial charge on any atom is -0.437 e. The van der Waals surface area contributed by atoms with Crippen LogP contribution in [0.25, 0.3) is 0 Å². The number of hydrogen-bond acceptors (Lipinski definition) is 4. The lowest BCUT2D eigenvalue weighted by Gasteiger charge is -2.07. The van der Waals surface area contributed by atoms with E-state index in [2.05, 4.69) is 27.6 Å². The summed E-state index contributed by atoms with van der Waals surface area (Å²) < 4.78 is 6.54. The zero-order valence-electron chi connectivity index (χ0n) is 8.72. The van der Waals surface area contributed by atoms with E-state index in [-0.39, 0.29) is 5.88 Å². The Bertz CT molecular complexity index is 593. The predicted octanol–water partition coefficient (Wildman–Crippen LogP) is 2.93. The summed E-state index contributed by atoms with van der Waals surface area (Å²) in [6, 6.07) is 11.1. The molecule has 0 spiro atoms. The van der Waals surface area contributed by atoms with E-state index in [0.29, 0.717) is 17.0 Å². The van der Waals surface area contributed by atoms with Crippen LogP contribution >= 0.6 is 22.6 Å². The number of aromatic nitrogens is 1. The Balaban J connectivity index is 2.37. The van der Waals surface area contributed by atoms with E-state index < -0.39 is 0 Å². The highest BCUT2D eigenvalue weighted by molar-refractivity contribution is 14.1. The molecule has 0 bridgehead atoms. The van der Waals surface area contributed by atoms with E-state index in [9.17, 15) is 0 Å². The van der Waals surface area contributed by atoms with Gasteiger partial charge in [-0.15, -0.1) is 0 Å². The Hall–Kier alpha value is -1.81. The standard InChI is InChI=1S/C12H8IN3O/c13-10-3-1-2-4-11(10)17-12-8(6-14)5-9(15)7-16-12/h1-5,7H,15H2. The Morgan fingerprint density at radius 3 is 2.82 bits per heavy atom. The zero-order valence-corrected chi connectivity index (χ0v) is 10.9. The highest BCUT2D eigenvalue weighted by atomic mass is 127. The van der Waals surface area contributed by atoms with Crippen LogP contribution in [0.1, 0.15) is 5.56 Å². The number of rotatable bonds is 2. The number of nitriles is 1. The first-order valence-corrected chi connectivity index (χ1v) is 5.86. The molecule has 0 saturated heterocycles. The second kappa shape index (κ2) is 5.01. The lowest BCUT2D eigenvalue weighted by molar-refractivity contribution is 0.458. The third-order valence-corrected chi connectivity index (χ3v) is 2.93. The number of ether oxygens (including phenoxy) is 1. The van der Waals surface area contributed by atoms with Gasteiger partial charge < -0.3 is 10.5 Å². The van der Waals surface area contributed by atoms with Gasteiger partial charge in [-0.2, -0.15) is 5.26 Å². The van der Waals surface area contributed by atoms with Gasteiger partial charge in [-0.3, -0.25) is 0 Å². The SMILES string of the molecule is N#Cc1cc(N)cnc1Oc1ccccc1I. The van der Waals surface area contributed by atoms with Crippen molar-refractivity contribution in [2.24, 2.45) is 0 Å². The minimum atomic E-state index is 0.269. The van der Waals surface area contributed by atoms with E-state index in [1.807, 2.05) is 30.3 Å². The lowest BCUT2D eigenvalue weighted by Crippen LogP contribution is -1.95. The van der Waals surface area contributed by atoms with Gasteiger partial charge in [0, 0.05) is 0 Å². The minimum absolute atomic E-state index is 0.269. The highest BCUT2D eigenvalue weighted by Crippen LogP contribution is 2.27. The van der Waals surface area contributed by atoms with Crippen LogP contribution in [0.4, 0.5) is 5.69 Å². The third kappa shape index (κ3) is 2.65. The second-order valence-corrected chi connectivity index (χ2v) is 4.43. The largest absolute Gasteiger partial charge is 0.437 e. The molecule has 5 heteroatoms. The van der Waals surface area contributed by atoms with Gasteiger partial charge in [0.2, 0.25) is 5.88 Å². The molecule has 0 unspecified atom stereocenters. The molecular formula is C12H8IN3O. The van der Waals surface area contributed by atoms with E-state index in [0.717, 1.165) is 3.57 Å². The lowest BCUT2D eigenvalue weighted by atomic mass is 10.3. The van der Waals surface area contributed by atoms with Crippen molar-refractivity contribution in [1.82, 2.24) is 4.98 Å². The summed E-state index contributed by atoms with van der Waals surface area (Å²) in [6.45, 7) is 0. The summed E-state index contributed by atoms with van der Waals surface area (Å²) in [5.41, 5.74) is 6.32. The van der Waals surface area contributed by atoms with Crippen molar-refractivity contribution in [1.29, 1.82) is 5.26 Å². The van der Waals surface area contributed by atoms with Crippen LogP contribution in [-0.2, 0) is 0 Å². The Morgan fingerprint density at radius 2 is 2.12 bits per heavy atom. The maximum absolute atomic E-state index is 8.96. The second-order valence-electron chi connectivity index (χ2n) is 3.27. The molecule has 0 aliphatic carbocycles. The van der Waals surface area contributed by atoms with Crippen LogP contribution in [0, 0.1) is 14.9 Å². The molecule has 2 N–H and O–H groups in total. The molecule has 2 aromatic rings. The van der Waals surface area contributed by atoms with Crippen molar-refractivity contribution in [2.45, 2.75) is 0 Å². The van der Waals surface area contributed by atoms with Crippen molar-refractivity contribution in [3.63, 3.8) is 0 Å². The topological polar surface area (TPSA) is 71.9 Å². The van der Waals surface area contributed by atoms with Crippen molar-refractivity contribution < 1.29 is 4.74 Å². The van der Waals surface area contributed by atoms with Crippen molar-refractivity contribution in [2.75, 3.05) is 5.73 Å². The van der Waals surface area contributed by atoms with Gasteiger partial charge >= 0.3 is 0 Å². The summed E-state index contributed by atoms with van der Waals surface area (Å²) in [4.78, 5) is 4.01. The maximum Gasteiger partial charge on any atom is 0.237 e. The van der Waals surface area contributed by atoms with Gasteiger partial charge in [0.1, 0.15) is 17.4 Å². The molecule has 0 radical (unpaired) electrons. The average molecular weight is 337 g/mol. The molecule has 0 saturated carbocycles. The monoisotopic (exact) mass is 337 g/mol. The van der Waals surface area contributed by atoms with Crippen LogP contribution in [0.5, 0.6) is 11.6 Å². The molecular weight excluding hydrogens is 329 g/mol. The molecule has 1 heterocycles. The molecule has 0 amide bonds. The molecule has 0 fully saturated rings. The van der Waals surface area contributed by atoms with E-state index in [1.54, 1.807) is 0 Å². The number of para-hydroxylation sites is 1. The number of nitrogens with two attached hydrogens (primary N) is 1. The number of nitrogens with zero attached hydrogens (tertiary/aromatic N) is 2. The molecule has 0 atom stereocenters. The fraction of sp³-hybridized carbons (Fsp3) is 0. The number of nitrogen functional groups attached to an aromatic ring is 1. The van der Waals surface area contributed by atoms with Crippen LogP contribution in [0.2, 0.25) is 0 Å². The maximum atomic E-state index is 8.96. The zero-order chi connectivity index (χ0) is 12.3. The molecule has 1 aromatic heterocycles. The summed E-state index contributed by atoms with van der Waals surface area (Å²) in [5, 5.41) is 8.96. The van der Waals surface area contributed by atoms with Gasteiger partial charge in [0.25, 0.3) is 0 Å². The average Bonchev–Trinajstić information content (AvgIpc) is 2.34. The van der Waals surface area contributed by atoms with Crippen LogP contribution in [0.15, 0.2) is 36.5 Å². The van der Waals surface area contributed by atoms with Gasteiger partial charge in [-0.25, -0.2) is 4.98 Å². The number of benzene rings is 1. The quantitative estimate of drug-likeness (QED) is 0.856. The Kier molecular flexibility index (Phi) is 3.44. The summed E-state index contributed by atoms with van der Waals surface area (Å²) in [5.74, 6) is 0.938. The van der Waals surface area contributed by atoms with Crippen LogP contribution < -0.4 is 10.5 Å². The summed E-state index contributed by atoms with van der Waals surface area (Å²) >= 11 is 2.16. The fourth-order valence-electron chi connectivity index (χ4n) is 1.26. The van der Waals surface area contributed by atoms with Crippen molar-refractivity contribution >= 4 is 28.3 Å². The third-order valence-electron chi connectivity index (χ3n) is 2.04. The molecule has 84 valence electrons. The first-order chi connectivity index (χ1) is 8.20. The summed E-state index contributed by atoms with van der Waals surface area (Å²) in [6.07, 6.45) is 1.46. The molecule has 4 nitrogen and oxygen atoms in total. The molecule has 0 aliphatic heterocycles. The van der Waals surface area contributed by atoms with Gasteiger partial charge in [0.05, 0.1) is 15.5 Å². The molecule has 17 heavy (non-hydrogen) atoms. The Morgan fingerprint density at radius 1 is 1.35 bits per heavy atom. The number of halogens is 1. The normalized spacial score (nSPS) is 9.65. The van der Waals surface area contributed by atoms with E-state index in [1.165, 1.54) is 12.3 Å². The van der Waals surface area contributed by atoms with Crippen molar-refractivity contribution in [3.8, 4) is 17.7 Å². The highest BCUT2D eigenvalue weighted by Gasteiger charge is 2.08. The number of anilines is 1. The fourth-order valence-corrected chi connectivity index (χ4v) is 1.76. The van der Waals surface area contributed by atoms with Gasteiger partial charge in [-0.1, -0.05) is 12.1 Å². The molecule has 2 rings (SSSR count). The van der Waals surface area contributed by atoms with Gasteiger partial charge in [-0.05, 0) is 40.8 Å². The first-order valence-electron chi connectivity index (χ1n) is 4.78. The predicted molar refractivity (Wildman–Crippen MR) is 72.6 cm³/mol. The molecule has 1 aromatic carbocycles. The van der Waals surface area contributed by atoms with Crippen LogP contribution in [-0.4, -0.2) is 4.98 Å². The first kappa shape index (κ1) is 11.7. The summed E-state index contributed by atoms with van der Waals surface area (Å²) in [7, 11) is 0. The number of hydrogen-bond donors (Lipinski definition) is 1. The van der Waals surface area contributed by atoms with Gasteiger partial charge in [0.15, 0.2) is 0 Å².